The van der Waals surface area contributed by atoms with Crippen molar-refractivity contribution in [1.82, 2.24) is 4.98 Å². The quantitative estimate of drug-likeness (QED) is 0.610. The van der Waals surface area contributed by atoms with Crippen LogP contribution in [0.5, 0.6) is 0 Å². The fourth-order valence-electron chi connectivity index (χ4n) is 4.72. The highest BCUT2D eigenvalue weighted by Gasteiger charge is 2.31. The third kappa shape index (κ3) is 4.67. The molecular weight excluding hydrogens is 384 g/mol. The minimum absolute atomic E-state index is 0.0181. The number of aromatic nitrogens is 1. The first-order valence-corrected chi connectivity index (χ1v) is 11.3. The van der Waals surface area contributed by atoms with Gasteiger partial charge in [-0.1, -0.05) is 45.0 Å². The van der Waals surface area contributed by atoms with E-state index < -0.39 is 0 Å². The van der Waals surface area contributed by atoms with E-state index >= 15 is 0 Å². The summed E-state index contributed by atoms with van der Waals surface area (Å²) in [5, 5.41) is 9.06. The van der Waals surface area contributed by atoms with Crippen molar-refractivity contribution in [1.29, 1.82) is 5.26 Å². The molecule has 1 saturated heterocycles. The third-order valence-electron chi connectivity index (χ3n) is 7.18. The molecule has 0 atom stereocenters. The Morgan fingerprint density at radius 2 is 1.94 bits per heavy atom. The molecule has 31 heavy (non-hydrogen) atoms. The maximum absolute atomic E-state index is 13.0. The molecule has 1 aliphatic heterocycles. The molecule has 4 heteroatoms. The predicted molar refractivity (Wildman–Crippen MR) is 123 cm³/mol. The molecule has 0 saturated carbocycles. The van der Waals surface area contributed by atoms with Crippen molar-refractivity contribution in [3.05, 3.63) is 64.5 Å². The molecule has 0 amide bonds. The van der Waals surface area contributed by atoms with Gasteiger partial charge in [0.25, 0.3) is 0 Å². The first-order chi connectivity index (χ1) is 14.8. The number of nitrogens with one attached hydrogen (secondary N) is 1. The average molecular weight is 417 g/mol. The van der Waals surface area contributed by atoms with Crippen LogP contribution in [-0.4, -0.2) is 24.0 Å². The van der Waals surface area contributed by atoms with E-state index in [1.54, 1.807) is 12.3 Å². The first-order valence-electron chi connectivity index (χ1n) is 11.3. The van der Waals surface area contributed by atoms with Crippen molar-refractivity contribution in [3.8, 4) is 6.07 Å². The largest absolute Gasteiger partial charge is 0.381 e. The summed E-state index contributed by atoms with van der Waals surface area (Å²) in [6.45, 7) is 8.58. The summed E-state index contributed by atoms with van der Waals surface area (Å²) in [5.41, 5.74) is 6.45. The number of H-pyrrole nitrogens is 1. The summed E-state index contributed by atoms with van der Waals surface area (Å²) in [6, 6.07) is 10.4. The van der Waals surface area contributed by atoms with E-state index in [0.717, 1.165) is 50.9 Å². The number of carbonyl (C=O) groups excluding carboxylic acids is 1. The maximum Gasteiger partial charge on any atom is 0.183 e. The second-order valence-electron chi connectivity index (χ2n) is 10.2. The van der Waals surface area contributed by atoms with Crippen LogP contribution in [0.4, 0.5) is 0 Å². The molecule has 0 spiro atoms. The number of benzene rings is 1. The van der Waals surface area contributed by atoms with Crippen molar-refractivity contribution in [3.63, 3.8) is 0 Å². The molecule has 1 aromatic heterocycles. The number of hydrogen-bond donors (Lipinski definition) is 1. The summed E-state index contributed by atoms with van der Waals surface area (Å²) in [4.78, 5) is 15.9. The Balaban J connectivity index is 1.69. The number of aromatic amines is 1. The van der Waals surface area contributed by atoms with Gasteiger partial charge in [-0.25, -0.2) is 0 Å². The maximum atomic E-state index is 13.0. The van der Waals surface area contributed by atoms with Crippen LogP contribution in [-0.2, 0) is 16.6 Å². The molecule has 162 valence electrons. The van der Waals surface area contributed by atoms with E-state index in [1.165, 1.54) is 16.7 Å². The SMILES string of the molecule is CC1(C)CC=C(c2cc(C3(C)CCOCC3)ccc2CC(=O)c2cc(C#N)c[nH]2)CC1. The van der Waals surface area contributed by atoms with Crippen molar-refractivity contribution >= 4 is 11.4 Å². The van der Waals surface area contributed by atoms with Gasteiger partial charge in [-0.15, -0.1) is 0 Å². The van der Waals surface area contributed by atoms with Crippen molar-refractivity contribution in [2.75, 3.05) is 13.2 Å². The topological polar surface area (TPSA) is 65.9 Å². The van der Waals surface area contributed by atoms with Crippen molar-refractivity contribution < 1.29 is 9.53 Å². The van der Waals surface area contributed by atoms with E-state index in [0.29, 0.717) is 23.1 Å². The lowest BCUT2D eigenvalue weighted by molar-refractivity contribution is 0.0564. The lowest BCUT2D eigenvalue weighted by Gasteiger charge is -2.35. The lowest BCUT2D eigenvalue weighted by atomic mass is 9.73. The van der Waals surface area contributed by atoms with Crippen LogP contribution in [0.15, 0.2) is 36.5 Å². The van der Waals surface area contributed by atoms with Crippen LogP contribution >= 0.6 is 0 Å². The summed E-state index contributed by atoms with van der Waals surface area (Å²) in [7, 11) is 0. The Bertz CT molecular complexity index is 1050. The molecule has 1 N–H and O–H groups in total. The van der Waals surface area contributed by atoms with Gasteiger partial charge < -0.3 is 9.72 Å². The molecule has 2 aromatic rings. The molecule has 0 radical (unpaired) electrons. The van der Waals surface area contributed by atoms with Gasteiger partial charge in [0.2, 0.25) is 0 Å². The second kappa shape index (κ2) is 8.48. The number of allylic oxidation sites excluding steroid dienone is 2. The van der Waals surface area contributed by atoms with Gasteiger partial charge in [-0.2, -0.15) is 5.26 Å². The molecule has 1 fully saturated rings. The van der Waals surface area contributed by atoms with Crippen LogP contribution in [0.3, 0.4) is 0 Å². The Morgan fingerprint density at radius 1 is 1.16 bits per heavy atom. The number of carbonyl (C=O) groups is 1. The number of ether oxygens (including phenoxy) is 1. The predicted octanol–water partition coefficient (Wildman–Crippen LogP) is 5.97. The van der Waals surface area contributed by atoms with Gasteiger partial charge in [0, 0.05) is 25.8 Å². The monoisotopic (exact) mass is 416 g/mol. The number of hydrogen-bond acceptors (Lipinski definition) is 3. The molecule has 4 rings (SSSR count). The van der Waals surface area contributed by atoms with Gasteiger partial charge in [-0.3, -0.25) is 4.79 Å². The highest BCUT2D eigenvalue weighted by molar-refractivity contribution is 5.97. The van der Waals surface area contributed by atoms with Crippen LogP contribution < -0.4 is 0 Å². The lowest BCUT2D eigenvalue weighted by Crippen LogP contribution is -2.30. The molecule has 2 aliphatic rings. The normalized spacial score (nSPS) is 20.0. The van der Waals surface area contributed by atoms with Gasteiger partial charge >= 0.3 is 0 Å². The summed E-state index contributed by atoms with van der Waals surface area (Å²) in [5.74, 6) is 0.0181. The van der Waals surface area contributed by atoms with E-state index in [-0.39, 0.29) is 11.2 Å². The number of Topliss-reactive ketones (excluding diaryl/α,β-unsaturated/α-hetero) is 1. The molecule has 0 bridgehead atoms. The summed E-state index contributed by atoms with van der Waals surface area (Å²) >= 11 is 0. The summed E-state index contributed by atoms with van der Waals surface area (Å²) < 4.78 is 5.61. The fraction of sp³-hybridized carbons (Fsp3) is 0.481. The van der Waals surface area contributed by atoms with Gasteiger partial charge in [0.1, 0.15) is 6.07 Å². The van der Waals surface area contributed by atoms with E-state index in [4.69, 9.17) is 10.00 Å². The van der Waals surface area contributed by atoms with Crippen LogP contribution in [0.25, 0.3) is 5.57 Å². The zero-order chi connectivity index (χ0) is 22.1. The van der Waals surface area contributed by atoms with Gasteiger partial charge in [0.15, 0.2) is 5.78 Å². The molecule has 2 heterocycles. The van der Waals surface area contributed by atoms with Crippen molar-refractivity contribution in [2.45, 2.75) is 64.7 Å². The molecule has 0 unspecified atom stereocenters. The van der Waals surface area contributed by atoms with E-state index in [2.05, 4.69) is 56.1 Å². The first kappa shape index (κ1) is 21.6. The van der Waals surface area contributed by atoms with Crippen LogP contribution in [0, 0.1) is 16.7 Å². The summed E-state index contributed by atoms with van der Waals surface area (Å²) in [6.07, 6.45) is 9.61. The van der Waals surface area contributed by atoms with Crippen molar-refractivity contribution in [2.24, 2.45) is 5.41 Å². The standard InChI is InChI=1S/C27H32N2O2/c1-26(2)8-6-20(7-9-26)23-16-22(27(3)10-12-31-13-11-27)5-4-21(23)15-25(30)24-14-19(17-28)18-29-24/h4-6,14,16,18,29H,7-13,15H2,1-3H3. The third-order valence-corrected chi connectivity index (χ3v) is 7.18. The smallest absolute Gasteiger partial charge is 0.183 e. The van der Waals surface area contributed by atoms with E-state index in [1.807, 2.05) is 0 Å². The minimum atomic E-state index is 0.0181. The highest BCUT2D eigenvalue weighted by Crippen LogP contribution is 2.41. The van der Waals surface area contributed by atoms with E-state index in [9.17, 15) is 4.79 Å². The fourth-order valence-corrected chi connectivity index (χ4v) is 4.72. The second-order valence-corrected chi connectivity index (χ2v) is 10.2. The molecular formula is C27H32N2O2. The molecule has 1 aliphatic carbocycles. The molecule has 4 nitrogen and oxygen atoms in total. The zero-order valence-electron chi connectivity index (χ0n) is 18.9. The number of nitriles is 1. The highest BCUT2D eigenvalue weighted by atomic mass is 16.5. The van der Waals surface area contributed by atoms with Crippen LogP contribution in [0.1, 0.15) is 85.6 Å². The number of ketones is 1. The van der Waals surface area contributed by atoms with Gasteiger partial charge in [-0.05, 0) is 71.3 Å². The minimum Gasteiger partial charge on any atom is -0.381 e. The number of nitrogens with zero attached hydrogens (tertiary/aromatic N) is 1. The average Bonchev–Trinajstić information content (AvgIpc) is 3.24. The van der Waals surface area contributed by atoms with Gasteiger partial charge in [0.05, 0.1) is 11.3 Å². The Labute approximate surface area is 185 Å². The Hall–Kier alpha value is -2.64. The Morgan fingerprint density at radius 3 is 2.58 bits per heavy atom. The number of rotatable bonds is 5. The van der Waals surface area contributed by atoms with Crippen LogP contribution in [0.2, 0.25) is 0 Å². The zero-order valence-corrected chi connectivity index (χ0v) is 18.9. The Kier molecular flexibility index (Phi) is 5.90. The molecule has 1 aromatic carbocycles.